The third kappa shape index (κ3) is 4.13. The minimum atomic E-state index is 0.403. The Hall–Kier alpha value is -0.710. The maximum atomic E-state index is 4.38. The van der Waals surface area contributed by atoms with Crippen molar-refractivity contribution in [1.29, 1.82) is 0 Å². The third-order valence-corrected chi connectivity index (χ3v) is 4.70. The fraction of sp³-hybridized carbons (Fsp3) is 0.400. The summed E-state index contributed by atoms with van der Waals surface area (Å²) in [5.74, 6) is 0.459. The van der Waals surface area contributed by atoms with E-state index < -0.39 is 0 Å². The topological polar surface area (TPSA) is 24.9 Å². The van der Waals surface area contributed by atoms with Crippen LogP contribution in [0.25, 0.3) is 0 Å². The van der Waals surface area contributed by atoms with Crippen molar-refractivity contribution in [3.63, 3.8) is 0 Å². The Balaban J connectivity index is 1.96. The molecule has 1 aromatic carbocycles. The van der Waals surface area contributed by atoms with E-state index in [4.69, 9.17) is 0 Å². The van der Waals surface area contributed by atoms with Gasteiger partial charge in [-0.1, -0.05) is 41.9 Å². The number of hydrogen-bond acceptors (Lipinski definition) is 3. The van der Waals surface area contributed by atoms with Crippen LogP contribution in [0.4, 0.5) is 0 Å². The Morgan fingerprint density at radius 1 is 1.42 bits per heavy atom. The molecule has 0 spiro atoms. The van der Waals surface area contributed by atoms with Crippen LogP contribution in [0.15, 0.2) is 40.3 Å². The van der Waals surface area contributed by atoms with E-state index in [1.165, 1.54) is 10.6 Å². The second-order valence-corrected chi connectivity index (χ2v) is 6.54. The Morgan fingerprint density at radius 2 is 2.26 bits per heavy atom. The first kappa shape index (κ1) is 14.7. The second-order valence-electron chi connectivity index (χ2n) is 4.70. The summed E-state index contributed by atoms with van der Waals surface area (Å²) < 4.78 is 1.14. The Bertz CT molecular complexity index is 499. The summed E-state index contributed by atoms with van der Waals surface area (Å²) in [5.41, 5.74) is 1.34. The molecule has 1 N–H and O–H groups in total. The predicted octanol–water partition coefficient (Wildman–Crippen LogP) is 4.75. The standard InChI is InChI=1S/C15H19BrN2S/c1-3-14(12-5-4-6-13(16)9-12)18-10-11(2)15-17-7-8-19-15/h4-9,11,14,18H,3,10H2,1-2H3. The van der Waals surface area contributed by atoms with Crippen LogP contribution in [0.5, 0.6) is 0 Å². The Morgan fingerprint density at radius 3 is 2.89 bits per heavy atom. The van der Waals surface area contributed by atoms with Crippen LogP contribution in [0, 0.1) is 0 Å². The molecule has 0 radical (unpaired) electrons. The molecule has 0 amide bonds. The number of aromatic nitrogens is 1. The molecule has 0 aliphatic carbocycles. The van der Waals surface area contributed by atoms with Crippen LogP contribution in [0.3, 0.4) is 0 Å². The summed E-state index contributed by atoms with van der Waals surface area (Å²) in [4.78, 5) is 4.38. The van der Waals surface area contributed by atoms with Gasteiger partial charge >= 0.3 is 0 Å². The summed E-state index contributed by atoms with van der Waals surface area (Å²) in [5, 5.41) is 6.89. The molecule has 102 valence electrons. The van der Waals surface area contributed by atoms with Crippen LogP contribution in [-0.2, 0) is 0 Å². The van der Waals surface area contributed by atoms with Crippen molar-refractivity contribution >= 4 is 27.3 Å². The van der Waals surface area contributed by atoms with Gasteiger partial charge in [0.1, 0.15) is 0 Å². The van der Waals surface area contributed by atoms with Crippen molar-refractivity contribution in [2.24, 2.45) is 0 Å². The number of thiazole rings is 1. The number of nitrogens with one attached hydrogen (secondary N) is 1. The molecule has 0 saturated heterocycles. The molecule has 0 aliphatic rings. The number of rotatable bonds is 6. The van der Waals surface area contributed by atoms with Gasteiger partial charge in [-0.15, -0.1) is 11.3 Å². The molecule has 2 atom stereocenters. The van der Waals surface area contributed by atoms with Crippen molar-refractivity contribution in [3.05, 3.63) is 50.9 Å². The highest BCUT2D eigenvalue weighted by molar-refractivity contribution is 9.10. The summed E-state index contributed by atoms with van der Waals surface area (Å²) in [7, 11) is 0. The maximum absolute atomic E-state index is 4.38. The Labute approximate surface area is 127 Å². The quantitative estimate of drug-likeness (QED) is 0.821. The van der Waals surface area contributed by atoms with E-state index in [0.29, 0.717) is 12.0 Å². The molecule has 2 unspecified atom stereocenters. The first-order chi connectivity index (χ1) is 9.20. The summed E-state index contributed by atoms with van der Waals surface area (Å²) in [6, 6.07) is 8.93. The highest BCUT2D eigenvalue weighted by Gasteiger charge is 2.13. The average molecular weight is 339 g/mol. The second kappa shape index (κ2) is 7.17. The lowest BCUT2D eigenvalue weighted by atomic mass is 10.0. The largest absolute Gasteiger partial charge is 0.309 e. The molecule has 0 saturated carbocycles. The van der Waals surface area contributed by atoms with Gasteiger partial charge in [-0.05, 0) is 24.1 Å². The molecule has 2 aromatic rings. The van der Waals surface area contributed by atoms with E-state index in [-0.39, 0.29) is 0 Å². The SMILES string of the molecule is CCC(NCC(C)c1nccs1)c1cccc(Br)c1. The van der Waals surface area contributed by atoms with E-state index in [2.05, 4.69) is 64.3 Å². The van der Waals surface area contributed by atoms with Crippen molar-refractivity contribution in [3.8, 4) is 0 Å². The van der Waals surface area contributed by atoms with E-state index in [0.717, 1.165) is 17.4 Å². The monoisotopic (exact) mass is 338 g/mol. The van der Waals surface area contributed by atoms with Crippen LogP contribution < -0.4 is 5.32 Å². The summed E-state index contributed by atoms with van der Waals surface area (Å²) in [6.07, 6.45) is 2.96. The number of hydrogen-bond donors (Lipinski definition) is 1. The van der Waals surface area contributed by atoms with Gasteiger partial charge in [0.2, 0.25) is 0 Å². The fourth-order valence-electron chi connectivity index (χ4n) is 2.11. The molecule has 0 bridgehead atoms. The lowest BCUT2D eigenvalue weighted by molar-refractivity contribution is 0.494. The van der Waals surface area contributed by atoms with Gasteiger partial charge < -0.3 is 5.32 Å². The summed E-state index contributed by atoms with van der Waals surface area (Å²) >= 11 is 5.27. The minimum Gasteiger partial charge on any atom is -0.309 e. The maximum Gasteiger partial charge on any atom is 0.0965 e. The van der Waals surface area contributed by atoms with Crippen LogP contribution in [0.2, 0.25) is 0 Å². The summed E-state index contributed by atoms with van der Waals surface area (Å²) in [6.45, 7) is 5.39. The highest BCUT2D eigenvalue weighted by atomic mass is 79.9. The van der Waals surface area contributed by atoms with Crippen LogP contribution in [0.1, 0.15) is 42.8 Å². The van der Waals surface area contributed by atoms with Gasteiger partial charge in [0.05, 0.1) is 5.01 Å². The van der Waals surface area contributed by atoms with Gasteiger partial charge in [0, 0.05) is 34.6 Å². The van der Waals surface area contributed by atoms with E-state index in [1.54, 1.807) is 11.3 Å². The molecule has 0 aliphatic heterocycles. The van der Waals surface area contributed by atoms with Crippen molar-refractivity contribution in [1.82, 2.24) is 10.3 Å². The van der Waals surface area contributed by atoms with Crippen LogP contribution >= 0.6 is 27.3 Å². The number of halogens is 1. The zero-order chi connectivity index (χ0) is 13.7. The molecule has 4 heteroatoms. The van der Waals surface area contributed by atoms with Gasteiger partial charge in [-0.25, -0.2) is 4.98 Å². The van der Waals surface area contributed by atoms with Gasteiger partial charge in [0.25, 0.3) is 0 Å². The molecule has 0 fully saturated rings. The van der Waals surface area contributed by atoms with Crippen molar-refractivity contribution in [2.45, 2.75) is 32.2 Å². The van der Waals surface area contributed by atoms with Gasteiger partial charge in [0.15, 0.2) is 0 Å². The molecule has 1 aromatic heterocycles. The van der Waals surface area contributed by atoms with Gasteiger partial charge in [-0.3, -0.25) is 0 Å². The van der Waals surface area contributed by atoms with Crippen LogP contribution in [-0.4, -0.2) is 11.5 Å². The normalized spacial score (nSPS) is 14.3. The predicted molar refractivity (Wildman–Crippen MR) is 85.7 cm³/mol. The number of benzene rings is 1. The van der Waals surface area contributed by atoms with E-state index >= 15 is 0 Å². The Kier molecular flexibility index (Phi) is 5.55. The molecule has 1 heterocycles. The first-order valence-electron chi connectivity index (χ1n) is 6.59. The van der Waals surface area contributed by atoms with E-state index in [1.807, 2.05) is 11.6 Å². The molecular weight excluding hydrogens is 320 g/mol. The van der Waals surface area contributed by atoms with Crippen molar-refractivity contribution in [2.75, 3.05) is 6.54 Å². The molecule has 2 rings (SSSR count). The zero-order valence-electron chi connectivity index (χ0n) is 11.3. The molecule has 19 heavy (non-hydrogen) atoms. The molecular formula is C15H19BrN2S. The van der Waals surface area contributed by atoms with E-state index in [9.17, 15) is 0 Å². The fourth-order valence-corrected chi connectivity index (χ4v) is 3.22. The molecule has 2 nitrogen and oxygen atoms in total. The lowest BCUT2D eigenvalue weighted by Crippen LogP contribution is -2.25. The van der Waals surface area contributed by atoms with Crippen molar-refractivity contribution < 1.29 is 0 Å². The third-order valence-electron chi connectivity index (χ3n) is 3.20. The first-order valence-corrected chi connectivity index (χ1v) is 8.26. The van der Waals surface area contributed by atoms with Gasteiger partial charge in [-0.2, -0.15) is 0 Å². The highest BCUT2D eigenvalue weighted by Crippen LogP contribution is 2.22. The smallest absolute Gasteiger partial charge is 0.0965 e. The zero-order valence-corrected chi connectivity index (χ0v) is 13.7. The average Bonchev–Trinajstić information content (AvgIpc) is 2.93. The number of nitrogens with zero attached hydrogens (tertiary/aromatic N) is 1. The minimum absolute atomic E-state index is 0.403. The lowest BCUT2D eigenvalue weighted by Gasteiger charge is -2.20.